The molecule has 1 aliphatic heterocycles. The highest BCUT2D eigenvalue weighted by atomic mass is 35.5. The summed E-state index contributed by atoms with van der Waals surface area (Å²) in [6.45, 7) is 0.513. The van der Waals surface area contributed by atoms with Crippen molar-refractivity contribution in [3.8, 4) is 0 Å². The van der Waals surface area contributed by atoms with E-state index in [1.807, 2.05) is 4.83 Å². The lowest BCUT2D eigenvalue weighted by Crippen LogP contribution is -2.46. The second-order valence-corrected chi connectivity index (χ2v) is 6.17. The minimum Gasteiger partial charge on any atom is -0.368 e. The van der Waals surface area contributed by atoms with Gasteiger partial charge in [0.05, 0.1) is 4.90 Å². The number of hydrazine groups is 1. The minimum absolute atomic E-state index is 0.0207. The van der Waals surface area contributed by atoms with Crippen molar-refractivity contribution in [1.29, 1.82) is 0 Å². The van der Waals surface area contributed by atoms with Gasteiger partial charge in [-0.25, -0.2) is 8.42 Å². The van der Waals surface area contributed by atoms with E-state index in [2.05, 4.69) is 5.43 Å². The van der Waals surface area contributed by atoms with E-state index in [4.69, 9.17) is 16.3 Å². The third-order valence-electron chi connectivity index (χ3n) is 2.64. The van der Waals surface area contributed by atoms with Crippen LogP contribution in [0.1, 0.15) is 12.8 Å². The summed E-state index contributed by atoms with van der Waals surface area (Å²) >= 11 is 5.72. The number of hydrogen-bond donors (Lipinski definition) is 2. The lowest BCUT2D eigenvalue weighted by Gasteiger charge is -2.11. The molecule has 2 rings (SSSR count). The molecule has 2 N–H and O–H groups in total. The summed E-state index contributed by atoms with van der Waals surface area (Å²) < 4.78 is 28.9. The normalized spacial score (nSPS) is 19.3. The second-order valence-electron chi connectivity index (χ2n) is 4.05. The number of halogens is 1. The molecular formula is C11H13ClN2O4S. The summed E-state index contributed by atoms with van der Waals surface area (Å²) in [5.74, 6) is -0.497. The number of hydrogen-bond acceptors (Lipinski definition) is 4. The molecule has 8 heteroatoms. The van der Waals surface area contributed by atoms with Gasteiger partial charge < -0.3 is 4.74 Å². The van der Waals surface area contributed by atoms with Crippen LogP contribution in [0.5, 0.6) is 0 Å². The Hall–Kier alpha value is -1.15. The van der Waals surface area contributed by atoms with Crippen molar-refractivity contribution in [3.05, 3.63) is 29.3 Å². The Kier molecular flexibility index (Phi) is 4.41. The van der Waals surface area contributed by atoms with Crippen LogP contribution in [0.15, 0.2) is 29.2 Å². The number of sulfonamides is 1. The van der Waals surface area contributed by atoms with Gasteiger partial charge in [-0.1, -0.05) is 17.7 Å². The third-order valence-corrected chi connectivity index (χ3v) is 4.12. The van der Waals surface area contributed by atoms with Crippen molar-refractivity contribution >= 4 is 27.5 Å². The van der Waals surface area contributed by atoms with E-state index < -0.39 is 22.0 Å². The Bertz CT molecular complexity index is 570. The van der Waals surface area contributed by atoms with E-state index in [-0.39, 0.29) is 4.90 Å². The molecule has 0 aliphatic carbocycles. The van der Waals surface area contributed by atoms with Crippen LogP contribution in [0.4, 0.5) is 0 Å². The number of amides is 1. The monoisotopic (exact) mass is 304 g/mol. The summed E-state index contributed by atoms with van der Waals surface area (Å²) in [4.78, 5) is 13.6. The van der Waals surface area contributed by atoms with Crippen LogP contribution in [0.2, 0.25) is 5.02 Å². The molecule has 104 valence electrons. The standard InChI is InChI=1S/C11H13ClN2O4S/c12-8-3-1-4-9(7-8)19(16,17)14-13-11(15)10-5-2-6-18-10/h1,3-4,7,10,14H,2,5-6H2,(H,13,15). The van der Waals surface area contributed by atoms with E-state index in [9.17, 15) is 13.2 Å². The van der Waals surface area contributed by atoms with Crippen LogP contribution in [-0.2, 0) is 19.6 Å². The maximum Gasteiger partial charge on any atom is 0.264 e. The van der Waals surface area contributed by atoms with Crippen molar-refractivity contribution in [2.24, 2.45) is 0 Å². The highest BCUT2D eigenvalue weighted by molar-refractivity contribution is 7.89. The first kappa shape index (κ1) is 14.3. The van der Waals surface area contributed by atoms with Crippen LogP contribution in [-0.4, -0.2) is 27.0 Å². The molecule has 1 heterocycles. The number of ether oxygens (including phenoxy) is 1. The van der Waals surface area contributed by atoms with Crippen LogP contribution in [0.3, 0.4) is 0 Å². The fourth-order valence-electron chi connectivity index (χ4n) is 1.68. The van der Waals surface area contributed by atoms with E-state index in [0.29, 0.717) is 18.1 Å². The van der Waals surface area contributed by atoms with Crippen LogP contribution in [0, 0.1) is 0 Å². The molecule has 1 atom stereocenters. The molecule has 0 saturated carbocycles. The van der Waals surface area contributed by atoms with Crippen molar-refractivity contribution in [2.75, 3.05) is 6.61 Å². The molecule has 1 unspecified atom stereocenters. The zero-order chi connectivity index (χ0) is 13.9. The molecule has 6 nitrogen and oxygen atoms in total. The van der Waals surface area contributed by atoms with Gasteiger partial charge in [0.15, 0.2) is 0 Å². The zero-order valence-corrected chi connectivity index (χ0v) is 11.5. The van der Waals surface area contributed by atoms with Crippen molar-refractivity contribution < 1.29 is 17.9 Å². The lowest BCUT2D eigenvalue weighted by atomic mass is 10.2. The first-order valence-electron chi connectivity index (χ1n) is 5.68. The Labute approximate surface area is 116 Å². The average molecular weight is 305 g/mol. The van der Waals surface area contributed by atoms with Gasteiger partial charge in [0.2, 0.25) is 0 Å². The quantitative estimate of drug-likeness (QED) is 0.807. The summed E-state index contributed by atoms with van der Waals surface area (Å²) in [6, 6.07) is 5.75. The van der Waals surface area contributed by atoms with Gasteiger partial charge in [-0.3, -0.25) is 10.2 Å². The summed E-state index contributed by atoms with van der Waals surface area (Å²) in [7, 11) is -3.83. The Balaban J connectivity index is 1.99. The fourth-order valence-corrected chi connectivity index (χ4v) is 2.82. The topological polar surface area (TPSA) is 84.5 Å². The molecule has 1 fully saturated rings. The van der Waals surface area contributed by atoms with Gasteiger partial charge >= 0.3 is 0 Å². The third kappa shape index (κ3) is 3.66. The van der Waals surface area contributed by atoms with Crippen molar-refractivity contribution in [2.45, 2.75) is 23.8 Å². The summed E-state index contributed by atoms with van der Waals surface area (Å²) in [5.41, 5.74) is 2.14. The molecule has 1 aromatic rings. The number of rotatable bonds is 4. The highest BCUT2D eigenvalue weighted by Gasteiger charge is 2.25. The van der Waals surface area contributed by atoms with Gasteiger partial charge in [-0.15, -0.1) is 4.83 Å². The van der Waals surface area contributed by atoms with E-state index in [1.165, 1.54) is 18.2 Å². The highest BCUT2D eigenvalue weighted by Crippen LogP contribution is 2.15. The average Bonchev–Trinajstić information content (AvgIpc) is 2.90. The van der Waals surface area contributed by atoms with E-state index in [1.54, 1.807) is 6.07 Å². The molecule has 1 aromatic carbocycles. The van der Waals surface area contributed by atoms with Crippen LogP contribution < -0.4 is 10.3 Å². The predicted octanol–water partition coefficient (Wildman–Crippen LogP) is 0.829. The largest absolute Gasteiger partial charge is 0.368 e. The maximum absolute atomic E-state index is 11.9. The van der Waals surface area contributed by atoms with Crippen molar-refractivity contribution in [1.82, 2.24) is 10.3 Å². The van der Waals surface area contributed by atoms with Gasteiger partial charge in [0.1, 0.15) is 6.10 Å². The SMILES string of the molecule is O=C(NNS(=O)(=O)c1cccc(Cl)c1)C1CCCO1. The van der Waals surface area contributed by atoms with Crippen LogP contribution >= 0.6 is 11.6 Å². The molecule has 0 radical (unpaired) electrons. The number of carbonyl (C=O) groups excluding carboxylic acids is 1. The summed E-state index contributed by atoms with van der Waals surface area (Å²) in [5, 5.41) is 0.299. The van der Waals surface area contributed by atoms with Gasteiger partial charge in [0, 0.05) is 11.6 Å². The number of benzene rings is 1. The summed E-state index contributed by atoms with van der Waals surface area (Å²) in [6.07, 6.45) is 0.784. The van der Waals surface area contributed by atoms with E-state index in [0.717, 1.165) is 6.42 Å². The molecular weight excluding hydrogens is 292 g/mol. The molecule has 0 spiro atoms. The Morgan fingerprint density at radius 2 is 2.21 bits per heavy atom. The van der Waals surface area contributed by atoms with Gasteiger partial charge in [0.25, 0.3) is 15.9 Å². The lowest BCUT2D eigenvalue weighted by molar-refractivity contribution is -0.130. The molecule has 1 amide bonds. The van der Waals surface area contributed by atoms with Crippen molar-refractivity contribution in [3.63, 3.8) is 0 Å². The number of carbonyl (C=O) groups is 1. The van der Waals surface area contributed by atoms with Gasteiger partial charge in [-0.2, -0.15) is 0 Å². The molecule has 0 aromatic heterocycles. The first-order valence-corrected chi connectivity index (χ1v) is 7.54. The first-order chi connectivity index (χ1) is 8.99. The van der Waals surface area contributed by atoms with Crippen LogP contribution in [0.25, 0.3) is 0 Å². The molecule has 1 aliphatic rings. The maximum atomic E-state index is 11.9. The Morgan fingerprint density at radius 1 is 1.42 bits per heavy atom. The molecule has 1 saturated heterocycles. The zero-order valence-electron chi connectivity index (χ0n) is 9.93. The predicted molar refractivity (Wildman–Crippen MR) is 68.9 cm³/mol. The molecule has 19 heavy (non-hydrogen) atoms. The Morgan fingerprint density at radius 3 is 2.84 bits per heavy atom. The van der Waals surface area contributed by atoms with E-state index >= 15 is 0 Å². The number of nitrogens with one attached hydrogen (secondary N) is 2. The fraction of sp³-hybridized carbons (Fsp3) is 0.364. The minimum atomic E-state index is -3.83. The second kappa shape index (κ2) is 5.87. The van der Waals surface area contributed by atoms with Gasteiger partial charge in [-0.05, 0) is 31.0 Å². The molecule has 0 bridgehead atoms. The smallest absolute Gasteiger partial charge is 0.264 e.